The number of hydrogen-bond acceptors (Lipinski definition) is 3. The van der Waals surface area contributed by atoms with Crippen molar-refractivity contribution in [1.29, 1.82) is 0 Å². The Balaban J connectivity index is 2.35. The summed E-state index contributed by atoms with van der Waals surface area (Å²) in [5, 5.41) is 0.285. The van der Waals surface area contributed by atoms with Gasteiger partial charge in [-0.1, -0.05) is 48.0 Å². The standard InChI is InChI=1S/C14H13ClN2O3S/c15-11-7-4-8-12(9-11)21(19,20)17-13(14(16)18)10-5-2-1-3-6-10/h1-9,13,17H,(H2,16,18). The van der Waals surface area contributed by atoms with Crippen LogP contribution in [0.2, 0.25) is 5.02 Å². The molecule has 0 aliphatic rings. The number of primary amides is 1. The van der Waals surface area contributed by atoms with Crippen LogP contribution in [0.25, 0.3) is 0 Å². The number of carbonyl (C=O) groups is 1. The van der Waals surface area contributed by atoms with Crippen LogP contribution in [0.3, 0.4) is 0 Å². The lowest BCUT2D eigenvalue weighted by Crippen LogP contribution is -2.37. The van der Waals surface area contributed by atoms with Crippen molar-refractivity contribution in [2.45, 2.75) is 10.9 Å². The maximum atomic E-state index is 12.3. The van der Waals surface area contributed by atoms with E-state index in [-0.39, 0.29) is 9.92 Å². The van der Waals surface area contributed by atoms with E-state index < -0.39 is 22.0 Å². The van der Waals surface area contributed by atoms with Gasteiger partial charge in [0.05, 0.1) is 4.90 Å². The van der Waals surface area contributed by atoms with Crippen molar-refractivity contribution >= 4 is 27.5 Å². The topological polar surface area (TPSA) is 89.3 Å². The number of hydrogen-bond donors (Lipinski definition) is 2. The van der Waals surface area contributed by atoms with Gasteiger partial charge in [-0.2, -0.15) is 4.72 Å². The van der Waals surface area contributed by atoms with Crippen LogP contribution in [0.5, 0.6) is 0 Å². The molecule has 1 atom stereocenters. The molecule has 0 spiro atoms. The number of benzene rings is 2. The minimum atomic E-state index is -3.91. The van der Waals surface area contributed by atoms with Crippen LogP contribution in [0.4, 0.5) is 0 Å². The van der Waals surface area contributed by atoms with Crippen molar-refractivity contribution in [3.05, 3.63) is 65.2 Å². The highest BCUT2D eigenvalue weighted by Gasteiger charge is 2.25. The molecule has 2 aromatic rings. The van der Waals surface area contributed by atoms with Gasteiger partial charge in [-0.3, -0.25) is 4.79 Å². The Morgan fingerprint density at radius 2 is 1.76 bits per heavy atom. The molecule has 2 aromatic carbocycles. The Hall–Kier alpha value is -1.89. The fraction of sp³-hybridized carbons (Fsp3) is 0.0714. The summed E-state index contributed by atoms with van der Waals surface area (Å²) in [6.07, 6.45) is 0. The lowest BCUT2D eigenvalue weighted by Gasteiger charge is -2.16. The van der Waals surface area contributed by atoms with E-state index in [1.807, 2.05) is 0 Å². The number of sulfonamides is 1. The average Bonchev–Trinajstić information content (AvgIpc) is 2.45. The summed E-state index contributed by atoms with van der Waals surface area (Å²) < 4.78 is 26.9. The summed E-state index contributed by atoms with van der Waals surface area (Å²) in [5.41, 5.74) is 5.76. The van der Waals surface area contributed by atoms with Gasteiger partial charge in [0.15, 0.2) is 0 Å². The molecule has 0 aliphatic carbocycles. The molecule has 1 amide bonds. The molecule has 0 fully saturated rings. The SMILES string of the molecule is NC(=O)C(NS(=O)(=O)c1cccc(Cl)c1)c1ccccc1. The third-order valence-electron chi connectivity index (χ3n) is 2.80. The minimum absolute atomic E-state index is 0.0304. The third-order valence-corrected chi connectivity index (χ3v) is 4.45. The molecule has 0 heterocycles. The Labute approximate surface area is 127 Å². The van der Waals surface area contributed by atoms with E-state index in [1.165, 1.54) is 18.2 Å². The highest BCUT2D eigenvalue weighted by atomic mass is 35.5. The normalized spacial score (nSPS) is 12.8. The van der Waals surface area contributed by atoms with E-state index in [4.69, 9.17) is 17.3 Å². The molecular weight excluding hydrogens is 312 g/mol. The molecule has 110 valence electrons. The fourth-order valence-electron chi connectivity index (χ4n) is 1.79. The largest absolute Gasteiger partial charge is 0.368 e. The second kappa shape index (κ2) is 6.26. The zero-order valence-electron chi connectivity index (χ0n) is 10.9. The lowest BCUT2D eigenvalue weighted by atomic mass is 10.1. The Morgan fingerprint density at radius 3 is 2.33 bits per heavy atom. The predicted molar refractivity (Wildman–Crippen MR) is 80.2 cm³/mol. The van der Waals surface area contributed by atoms with Gasteiger partial charge < -0.3 is 5.73 Å². The van der Waals surface area contributed by atoms with Gasteiger partial charge in [-0.15, -0.1) is 0 Å². The van der Waals surface area contributed by atoms with Crippen LogP contribution < -0.4 is 10.5 Å². The second-order valence-corrected chi connectivity index (χ2v) is 6.48. The third kappa shape index (κ3) is 3.81. The molecule has 0 bridgehead atoms. The zero-order chi connectivity index (χ0) is 15.5. The lowest BCUT2D eigenvalue weighted by molar-refractivity contribution is -0.119. The summed E-state index contributed by atoms with van der Waals surface area (Å²) in [5.74, 6) is -0.785. The van der Waals surface area contributed by atoms with Gasteiger partial charge in [0.2, 0.25) is 15.9 Å². The molecular formula is C14H13ClN2O3S. The van der Waals surface area contributed by atoms with E-state index >= 15 is 0 Å². The predicted octanol–water partition coefficient (Wildman–Crippen LogP) is 1.84. The van der Waals surface area contributed by atoms with E-state index in [0.717, 1.165) is 0 Å². The average molecular weight is 325 g/mol. The molecule has 0 saturated carbocycles. The van der Waals surface area contributed by atoms with Crippen LogP contribution in [0.1, 0.15) is 11.6 Å². The molecule has 1 unspecified atom stereocenters. The molecule has 5 nitrogen and oxygen atoms in total. The fourth-order valence-corrected chi connectivity index (χ4v) is 3.29. The first-order valence-corrected chi connectivity index (χ1v) is 7.88. The second-order valence-electron chi connectivity index (χ2n) is 4.32. The zero-order valence-corrected chi connectivity index (χ0v) is 12.4. The number of carbonyl (C=O) groups excluding carboxylic acids is 1. The highest BCUT2D eigenvalue weighted by Crippen LogP contribution is 2.19. The summed E-state index contributed by atoms with van der Waals surface area (Å²) in [4.78, 5) is 11.5. The molecule has 3 N–H and O–H groups in total. The molecule has 0 aliphatic heterocycles. The molecule has 0 aromatic heterocycles. The first-order chi connectivity index (χ1) is 9.90. The molecule has 7 heteroatoms. The monoisotopic (exact) mass is 324 g/mol. The Bertz CT molecular complexity index is 748. The number of amides is 1. The van der Waals surface area contributed by atoms with Gasteiger partial charge in [0, 0.05) is 5.02 Å². The van der Waals surface area contributed by atoms with Gasteiger partial charge in [0.25, 0.3) is 0 Å². The number of rotatable bonds is 5. The van der Waals surface area contributed by atoms with Crippen molar-refractivity contribution < 1.29 is 13.2 Å². The van der Waals surface area contributed by atoms with E-state index in [1.54, 1.807) is 36.4 Å². The summed E-state index contributed by atoms with van der Waals surface area (Å²) in [6, 6.07) is 13.0. The summed E-state index contributed by atoms with van der Waals surface area (Å²) in [7, 11) is -3.91. The van der Waals surface area contributed by atoms with Gasteiger partial charge in [-0.25, -0.2) is 8.42 Å². The molecule has 0 saturated heterocycles. The van der Waals surface area contributed by atoms with Crippen LogP contribution in [-0.4, -0.2) is 14.3 Å². The first-order valence-electron chi connectivity index (χ1n) is 6.02. The maximum Gasteiger partial charge on any atom is 0.241 e. The summed E-state index contributed by atoms with van der Waals surface area (Å²) >= 11 is 5.78. The smallest absolute Gasteiger partial charge is 0.241 e. The van der Waals surface area contributed by atoms with Crippen LogP contribution in [0, 0.1) is 0 Å². The van der Waals surface area contributed by atoms with E-state index in [0.29, 0.717) is 5.56 Å². The van der Waals surface area contributed by atoms with Crippen molar-refractivity contribution in [1.82, 2.24) is 4.72 Å². The Kier molecular flexibility index (Phi) is 4.62. The van der Waals surface area contributed by atoms with E-state index in [9.17, 15) is 13.2 Å². The van der Waals surface area contributed by atoms with Crippen LogP contribution in [-0.2, 0) is 14.8 Å². The number of nitrogens with two attached hydrogens (primary N) is 1. The van der Waals surface area contributed by atoms with Crippen molar-refractivity contribution in [2.24, 2.45) is 5.73 Å². The summed E-state index contributed by atoms with van der Waals surface area (Å²) in [6.45, 7) is 0. The van der Waals surface area contributed by atoms with Crippen molar-refractivity contribution in [2.75, 3.05) is 0 Å². The Morgan fingerprint density at radius 1 is 1.10 bits per heavy atom. The minimum Gasteiger partial charge on any atom is -0.368 e. The molecule has 0 radical (unpaired) electrons. The maximum absolute atomic E-state index is 12.3. The molecule has 2 rings (SSSR count). The quantitative estimate of drug-likeness (QED) is 0.879. The van der Waals surface area contributed by atoms with Crippen molar-refractivity contribution in [3.8, 4) is 0 Å². The van der Waals surface area contributed by atoms with E-state index in [2.05, 4.69) is 4.72 Å². The van der Waals surface area contributed by atoms with Crippen molar-refractivity contribution in [3.63, 3.8) is 0 Å². The van der Waals surface area contributed by atoms with Crippen LogP contribution >= 0.6 is 11.6 Å². The number of nitrogens with one attached hydrogen (secondary N) is 1. The van der Waals surface area contributed by atoms with Crippen LogP contribution in [0.15, 0.2) is 59.5 Å². The van der Waals surface area contributed by atoms with Gasteiger partial charge >= 0.3 is 0 Å². The number of halogens is 1. The highest BCUT2D eigenvalue weighted by molar-refractivity contribution is 7.89. The van der Waals surface area contributed by atoms with Gasteiger partial charge in [0.1, 0.15) is 6.04 Å². The van der Waals surface area contributed by atoms with Gasteiger partial charge in [-0.05, 0) is 23.8 Å². The molecule has 21 heavy (non-hydrogen) atoms. The first kappa shape index (κ1) is 15.5.